The predicted molar refractivity (Wildman–Crippen MR) is 280 cm³/mol. The van der Waals surface area contributed by atoms with E-state index in [0.717, 1.165) is 38.9 Å². The van der Waals surface area contributed by atoms with Gasteiger partial charge >= 0.3 is 0 Å². The van der Waals surface area contributed by atoms with Gasteiger partial charge in [-0.1, -0.05) is 192 Å². The molecule has 0 saturated heterocycles. The summed E-state index contributed by atoms with van der Waals surface area (Å²) in [7, 11) is 0. The van der Waals surface area contributed by atoms with E-state index in [4.69, 9.17) is 17.3 Å². The fourth-order valence-corrected chi connectivity index (χ4v) is 8.54. The van der Waals surface area contributed by atoms with Crippen LogP contribution in [-0.4, -0.2) is 19.6 Å². The Morgan fingerprint density at radius 2 is 1.28 bits per heavy atom. The Kier molecular flexibility index (Phi) is 9.88. The Morgan fingerprint density at radius 3 is 1.93 bits per heavy atom. The van der Waals surface area contributed by atoms with Gasteiger partial charge in [0.05, 0.1) is 26.2 Å². The number of aromatic hydroxyl groups is 1. The third kappa shape index (κ3) is 9.89. The van der Waals surface area contributed by atoms with E-state index in [9.17, 15) is 7.85 Å². The van der Waals surface area contributed by atoms with Gasteiger partial charge in [0.15, 0.2) is 0 Å². The minimum atomic E-state index is -2.98. The van der Waals surface area contributed by atoms with Crippen molar-refractivity contribution >= 4 is 11.0 Å². The molecule has 0 aliphatic rings. The Balaban J connectivity index is 0.00000882. The van der Waals surface area contributed by atoms with Crippen LogP contribution in [-0.2, 0) is 42.7 Å². The summed E-state index contributed by atoms with van der Waals surface area (Å²) in [4.78, 5) is 9.96. The quantitative estimate of drug-likeness (QED) is 0.162. The molecule has 0 fully saturated rings. The molecule has 1 N–H and O–H groups in total. The maximum Gasteiger partial charge on any atom is 0.148 e. The molecule has 2 aromatic heterocycles. The van der Waals surface area contributed by atoms with Gasteiger partial charge in [-0.3, -0.25) is 9.55 Å². The summed E-state index contributed by atoms with van der Waals surface area (Å²) in [5.41, 5.74) is 7.05. The van der Waals surface area contributed by atoms with Crippen molar-refractivity contribution in [1.82, 2.24) is 14.5 Å². The monoisotopic (exact) mass is 1080 g/mol. The van der Waals surface area contributed by atoms with Crippen molar-refractivity contribution in [3.05, 3.63) is 167 Å². The van der Waals surface area contributed by atoms with Gasteiger partial charge in [-0.2, -0.15) is 0 Å². The minimum absolute atomic E-state index is 0. The van der Waals surface area contributed by atoms with Crippen LogP contribution in [0.5, 0.6) is 5.75 Å². The molecule has 5 heteroatoms. The van der Waals surface area contributed by atoms with E-state index in [-0.39, 0.29) is 48.9 Å². The van der Waals surface area contributed by atoms with Gasteiger partial charge in [0.25, 0.3) is 0 Å². The third-order valence-corrected chi connectivity index (χ3v) is 12.3. The van der Waals surface area contributed by atoms with Crippen LogP contribution < -0.4 is 0 Å². The molecule has 2 heterocycles. The molecule has 0 saturated carbocycles. The standard InChI is InChI=1S/C62H68N3O.Pt/c1-38(2)50-37-46(27-28-48(50)49-19-16-17-21-52(49)61(10,11)12)65-55-22-18-20-47(56(55)64-58(65)51-35-45(60(7,8)9)36-53(57(51)66)62(13,14)15)42-31-43(33-44(32-42)59(4,5)6)54-34-41(29-30-63-54)40-25-23-39(3)24-26-40;/h16-30,32-38,66H,1-15H3;/q-1;/i3D3,23D,24D,25D,26D,29D,30D,34D,38D;. The topological polar surface area (TPSA) is 50.9 Å². The number of phenols is 1. The van der Waals surface area contributed by atoms with Gasteiger partial charge in [0.2, 0.25) is 0 Å². The van der Waals surface area contributed by atoms with Crippen molar-refractivity contribution in [3.8, 4) is 67.5 Å². The summed E-state index contributed by atoms with van der Waals surface area (Å²) in [5.74, 6) is -0.516. The number of aromatic nitrogens is 3. The van der Waals surface area contributed by atoms with Crippen LogP contribution in [0.1, 0.15) is 151 Å². The largest absolute Gasteiger partial charge is 0.507 e. The maximum absolute atomic E-state index is 12.6. The fraction of sp³-hybridized carbons (Fsp3) is 0.323. The Morgan fingerprint density at radius 1 is 0.642 bits per heavy atom. The van der Waals surface area contributed by atoms with E-state index < -0.39 is 82.7 Å². The summed E-state index contributed by atoms with van der Waals surface area (Å²) in [6.07, 6.45) is -0.598. The number of fused-ring (bicyclic) bond motifs is 1. The van der Waals surface area contributed by atoms with Crippen molar-refractivity contribution in [1.29, 1.82) is 0 Å². The van der Waals surface area contributed by atoms with E-state index in [1.165, 1.54) is 0 Å². The summed E-state index contributed by atoms with van der Waals surface area (Å²) in [5, 5.41) is 12.6. The normalized spacial score (nSPS) is 15.2. The first-order chi connectivity index (χ1) is 35.3. The maximum atomic E-state index is 12.6. The zero-order valence-corrected chi connectivity index (χ0v) is 43.5. The van der Waals surface area contributed by atoms with Crippen molar-refractivity contribution in [2.75, 3.05) is 0 Å². The van der Waals surface area contributed by atoms with Crippen LogP contribution in [0.3, 0.4) is 0 Å². The second kappa shape index (κ2) is 18.2. The van der Waals surface area contributed by atoms with E-state index in [1.54, 1.807) is 6.07 Å². The summed E-state index contributed by atoms with van der Waals surface area (Å²) in [6.45, 7) is 26.0. The molecule has 0 unspecified atom stereocenters. The van der Waals surface area contributed by atoms with Crippen molar-refractivity contribution in [2.24, 2.45) is 0 Å². The molecule has 0 bridgehead atoms. The van der Waals surface area contributed by atoms with Crippen LogP contribution in [0.4, 0.5) is 0 Å². The Bertz CT molecular complexity index is 3670. The molecule has 0 radical (unpaired) electrons. The average Bonchev–Trinajstić information content (AvgIpc) is 3.77. The van der Waals surface area contributed by atoms with Crippen LogP contribution >= 0.6 is 0 Å². The number of hydrogen-bond acceptors (Lipinski definition) is 3. The predicted octanol–water partition coefficient (Wildman–Crippen LogP) is 16.9. The first-order valence-electron chi connectivity index (χ1n) is 28.2. The van der Waals surface area contributed by atoms with E-state index in [2.05, 4.69) is 104 Å². The number of pyridine rings is 1. The van der Waals surface area contributed by atoms with Gasteiger partial charge in [-0.15, -0.1) is 29.3 Å². The van der Waals surface area contributed by atoms with Crippen molar-refractivity contribution < 1.29 is 41.3 Å². The minimum Gasteiger partial charge on any atom is -0.507 e. The number of phenolic OH excluding ortho intramolecular Hbond substituents is 1. The molecule has 0 atom stereocenters. The first kappa shape index (κ1) is 36.5. The molecular formula is C62H68N3OPt-. The average molecular weight is 1080 g/mol. The number of para-hydroxylation sites is 1. The summed E-state index contributed by atoms with van der Waals surface area (Å²) < 4.78 is 98.0. The van der Waals surface area contributed by atoms with Gasteiger partial charge in [-0.25, -0.2) is 4.98 Å². The van der Waals surface area contributed by atoms with Crippen molar-refractivity contribution in [3.63, 3.8) is 0 Å². The fourth-order valence-electron chi connectivity index (χ4n) is 8.54. The van der Waals surface area contributed by atoms with Gasteiger partial charge in [0.1, 0.15) is 11.6 Å². The summed E-state index contributed by atoms with van der Waals surface area (Å²) >= 11 is 0. The van der Waals surface area contributed by atoms with Crippen LogP contribution in [0.25, 0.3) is 72.7 Å². The van der Waals surface area contributed by atoms with Crippen LogP contribution in [0.15, 0.2) is 127 Å². The molecule has 348 valence electrons. The number of rotatable bonds is 7. The van der Waals surface area contributed by atoms with Gasteiger partial charge in [-0.05, 0) is 104 Å². The number of benzene rings is 6. The SMILES string of the molecule is [2H]c1nc(-c2[c-]c(-c3cccc4c3nc(-c3cc(C(C)(C)C)cc(C(C)(C)C)c3O)n4-c3ccc(-c4ccccc4C(C)(C)C)c(C([2H])(C)C)c3)cc(C(C)(C)C)c2)c([2H])c(-c2c([2H])c([2H])c(C([2H])([2H])[2H])c([2H])c2[2H])c1[2H].[Pt]. The number of imidazole rings is 1. The Hall–Kier alpha value is -5.57. The van der Waals surface area contributed by atoms with E-state index >= 15 is 0 Å². The van der Waals surface area contributed by atoms with E-state index in [0.29, 0.717) is 39.2 Å². The van der Waals surface area contributed by atoms with Gasteiger partial charge < -0.3 is 5.11 Å². The van der Waals surface area contributed by atoms with Crippen molar-refractivity contribution in [2.45, 2.75) is 131 Å². The van der Waals surface area contributed by atoms with Gasteiger partial charge in [0, 0.05) is 49.7 Å². The molecule has 0 spiro atoms. The second-order valence-electron chi connectivity index (χ2n) is 21.8. The second-order valence-corrected chi connectivity index (χ2v) is 21.8. The van der Waals surface area contributed by atoms with Crippen LogP contribution in [0.2, 0.25) is 0 Å². The Labute approximate surface area is 430 Å². The zero-order valence-electron chi connectivity index (χ0n) is 52.2. The molecule has 0 aliphatic carbocycles. The molecule has 67 heavy (non-hydrogen) atoms. The third-order valence-electron chi connectivity index (χ3n) is 12.3. The molecule has 4 nitrogen and oxygen atoms in total. The molecule has 8 rings (SSSR count). The number of nitrogens with zero attached hydrogens (tertiary/aromatic N) is 3. The number of hydrogen-bond donors (Lipinski definition) is 1. The molecule has 8 aromatic rings. The summed E-state index contributed by atoms with van der Waals surface area (Å²) in [6, 6.07) is 27.4. The molecule has 0 aliphatic heterocycles. The van der Waals surface area contributed by atoms with E-state index in [1.807, 2.05) is 87.7 Å². The molecular weight excluding hydrogens is 998 g/mol. The first-order valence-corrected chi connectivity index (χ1v) is 22.7. The molecule has 6 aromatic carbocycles. The molecule has 0 amide bonds. The zero-order chi connectivity index (χ0) is 57.2. The van der Waals surface area contributed by atoms with Crippen LogP contribution in [0, 0.1) is 12.9 Å². The smallest absolute Gasteiger partial charge is 0.148 e.